The number of benzene rings is 2. The highest BCUT2D eigenvalue weighted by Crippen LogP contribution is 2.34. The van der Waals surface area contributed by atoms with Gasteiger partial charge in [0.15, 0.2) is 5.13 Å². The third-order valence-corrected chi connectivity index (χ3v) is 10.6. The van der Waals surface area contributed by atoms with Gasteiger partial charge in [-0.1, -0.05) is 70.1 Å². The molecule has 1 aliphatic rings. The molecular formula is C24H22BrN3O3S3. The van der Waals surface area contributed by atoms with Crippen molar-refractivity contribution in [2.24, 2.45) is 0 Å². The lowest BCUT2D eigenvalue weighted by Gasteiger charge is -2.35. The quantitative estimate of drug-likeness (QED) is 0.287. The van der Waals surface area contributed by atoms with Gasteiger partial charge in [-0.2, -0.15) is 4.31 Å². The van der Waals surface area contributed by atoms with Crippen LogP contribution in [0.15, 0.2) is 74.7 Å². The van der Waals surface area contributed by atoms with Crippen LogP contribution in [-0.4, -0.2) is 36.2 Å². The summed E-state index contributed by atoms with van der Waals surface area (Å²) in [6.45, 7) is 0.659. The molecule has 0 bridgehead atoms. The van der Waals surface area contributed by atoms with Gasteiger partial charge >= 0.3 is 0 Å². The fourth-order valence-electron chi connectivity index (χ4n) is 4.15. The van der Waals surface area contributed by atoms with Crippen LogP contribution in [0.3, 0.4) is 0 Å². The molecule has 4 aromatic rings. The summed E-state index contributed by atoms with van der Waals surface area (Å²) < 4.78 is 30.4. The average molecular weight is 577 g/mol. The van der Waals surface area contributed by atoms with E-state index in [1.165, 1.54) is 27.0 Å². The van der Waals surface area contributed by atoms with Gasteiger partial charge in [-0.05, 0) is 48.1 Å². The van der Waals surface area contributed by atoms with Crippen LogP contribution in [-0.2, 0) is 21.4 Å². The Kier molecular flexibility index (Phi) is 6.85. The Bertz CT molecular complexity index is 1410. The van der Waals surface area contributed by atoms with Gasteiger partial charge in [-0.25, -0.2) is 13.4 Å². The number of fused-ring (bicyclic) bond motifs is 1. The second-order valence-electron chi connectivity index (χ2n) is 8.08. The second-order valence-corrected chi connectivity index (χ2v) is 13.1. The predicted molar refractivity (Wildman–Crippen MR) is 141 cm³/mol. The smallest absolute Gasteiger partial charge is 0.253 e. The Balaban J connectivity index is 1.54. The van der Waals surface area contributed by atoms with Crippen molar-refractivity contribution in [3.63, 3.8) is 0 Å². The summed E-state index contributed by atoms with van der Waals surface area (Å²) in [4.78, 5) is 20.4. The molecule has 1 unspecified atom stereocenters. The van der Waals surface area contributed by atoms with Gasteiger partial charge < -0.3 is 0 Å². The van der Waals surface area contributed by atoms with Crippen LogP contribution in [0.1, 0.15) is 24.8 Å². The number of amides is 1. The lowest BCUT2D eigenvalue weighted by molar-refractivity contribution is -0.123. The van der Waals surface area contributed by atoms with Crippen molar-refractivity contribution in [1.29, 1.82) is 0 Å². The van der Waals surface area contributed by atoms with Gasteiger partial charge in [-0.15, -0.1) is 11.3 Å². The zero-order valence-corrected chi connectivity index (χ0v) is 22.2. The standard InChI is InChI=1S/C24H22BrN3O3S3/c25-18-11-12-19-21(15-18)33-24(26-19)27(16-17-7-2-1-3-8-17)23(29)20-9-4-5-13-28(20)34(30,31)22-10-6-14-32-22/h1-3,6-8,10-12,14-15,20H,4-5,9,13,16H2. The lowest BCUT2D eigenvalue weighted by atomic mass is 10.0. The number of aromatic nitrogens is 1. The molecule has 34 heavy (non-hydrogen) atoms. The molecule has 0 radical (unpaired) electrons. The number of thiazole rings is 1. The second kappa shape index (κ2) is 9.87. The first-order valence-corrected chi connectivity index (χ1v) is 14.8. The minimum atomic E-state index is -3.75. The number of sulfonamides is 1. The van der Waals surface area contributed by atoms with E-state index in [1.54, 1.807) is 22.4 Å². The first-order chi connectivity index (χ1) is 16.4. The average Bonchev–Trinajstić information content (AvgIpc) is 3.53. The third kappa shape index (κ3) is 4.70. The minimum absolute atomic E-state index is 0.234. The first-order valence-electron chi connectivity index (χ1n) is 10.9. The summed E-state index contributed by atoms with van der Waals surface area (Å²) in [5.41, 5.74) is 1.76. The molecule has 0 spiro atoms. The van der Waals surface area contributed by atoms with Crippen LogP contribution in [0.4, 0.5) is 5.13 Å². The maximum atomic E-state index is 14.1. The largest absolute Gasteiger partial charge is 0.282 e. The van der Waals surface area contributed by atoms with Crippen molar-refractivity contribution in [2.75, 3.05) is 11.4 Å². The zero-order valence-electron chi connectivity index (χ0n) is 18.1. The molecule has 1 atom stereocenters. The van der Waals surface area contributed by atoms with Crippen molar-refractivity contribution in [1.82, 2.24) is 9.29 Å². The Morgan fingerprint density at radius 1 is 1.12 bits per heavy atom. The molecule has 10 heteroatoms. The Hall–Kier alpha value is -2.11. The molecule has 1 fully saturated rings. The molecule has 3 heterocycles. The highest BCUT2D eigenvalue weighted by molar-refractivity contribution is 9.10. The van der Waals surface area contributed by atoms with Crippen molar-refractivity contribution in [3.05, 3.63) is 76.1 Å². The number of carbonyl (C=O) groups is 1. The van der Waals surface area contributed by atoms with E-state index in [0.29, 0.717) is 24.6 Å². The first kappa shape index (κ1) is 23.6. The Morgan fingerprint density at radius 2 is 1.94 bits per heavy atom. The van der Waals surface area contributed by atoms with E-state index in [-0.39, 0.29) is 10.1 Å². The molecule has 2 aromatic carbocycles. The van der Waals surface area contributed by atoms with Crippen LogP contribution >= 0.6 is 38.6 Å². The van der Waals surface area contributed by atoms with E-state index in [4.69, 9.17) is 4.98 Å². The normalized spacial score (nSPS) is 17.1. The molecule has 176 valence electrons. The van der Waals surface area contributed by atoms with Crippen molar-refractivity contribution in [2.45, 2.75) is 36.1 Å². The fourth-order valence-corrected chi connectivity index (χ4v) is 8.45. The third-order valence-electron chi connectivity index (χ3n) is 5.82. The number of hydrogen-bond donors (Lipinski definition) is 0. The molecule has 1 saturated heterocycles. The number of nitrogens with zero attached hydrogens (tertiary/aromatic N) is 3. The highest BCUT2D eigenvalue weighted by Gasteiger charge is 2.40. The lowest BCUT2D eigenvalue weighted by Crippen LogP contribution is -2.52. The Labute approximate surface area is 215 Å². The summed E-state index contributed by atoms with van der Waals surface area (Å²) in [7, 11) is -3.75. The molecule has 1 aliphatic heterocycles. The summed E-state index contributed by atoms with van der Waals surface area (Å²) in [6.07, 6.45) is 2.03. The number of hydrogen-bond acceptors (Lipinski definition) is 6. The number of rotatable bonds is 6. The fraction of sp³-hybridized carbons (Fsp3) is 0.250. The molecule has 1 amide bonds. The molecule has 6 nitrogen and oxygen atoms in total. The summed E-state index contributed by atoms with van der Waals surface area (Å²) in [6, 6.07) is 18.1. The molecule has 0 saturated carbocycles. The van der Waals surface area contributed by atoms with E-state index in [1.807, 2.05) is 48.5 Å². The minimum Gasteiger partial charge on any atom is -0.282 e. The maximum absolute atomic E-state index is 14.1. The van der Waals surface area contributed by atoms with Crippen LogP contribution in [0.2, 0.25) is 0 Å². The number of anilines is 1. The van der Waals surface area contributed by atoms with Gasteiger partial charge in [0, 0.05) is 11.0 Å². The summed E-state index contributed by atoms with van der Waals surface area (Å²) in [5.74, 6) is -0.234. The molecular weight excluding hydrogens is 554 g/mol. The number of thiophene rings is 1. The monoisotopic (exact) mass is 575 g/mol. The van der Waals surface area contributed by atoms with Crippen LogP contribution in [0, 0.1) is 0 Å². The zero-order chi connectivity index (χ0) is 23.7. The molecule has 2 aromatic heterocycles. The van der Waals surface area contributed by atoms with Gasteiger partial charge in [0.1, 0.15) is 10.3 Å². The molecule has 0 N–H and O–H groups in total. The SMILES string of the molecule is O=C(C1CCCCN1S(=O)(=O)c1cccs1)N(Cc1ccccc1)c1nc2ccc(Br)cc2s1. The topological polar surface area (TPSA) is 70.6 Å². The van der Waals surface area contributed by atoms with Gasteiger partial charge in [0.2, 0.25) is 5.91 Å². The Morgan fingerprint density at radius 3 is 2.71 bits per heavy atom. The van der Waals surface area contributed by atoms with E-state index >= 15 is 0 Å². The van der Waals surface area contributed by atoms with Gasteiger partial charge in [-0.3, -0.25) is 9.69 Å². The van der Waals surface area contributed by atoms with Crippen LogP contribution in [0.5, 0.6) is 0 Å². The number of carbonyl (C=O) groups excluding carboxylic acids is 1. The molecule has 5 rings (SSSR count). The van der Waals surface area contributed by atoms with Crippen LogP contribution < -0.4 is 4.90 Å². The van der Waals surface area contributed by atoms with Crippen LogP contribution in [0.25, 0.3) is 10.2 Å². The molecule has 0 aliphatic carbocycles. The van der Waals surface area contributed by atoms with Gasteiger partial charge in [0.25, 0.3) is 10.0 Å². The van der Waals surface area contributed by atoms with E-state index < -0.39 is 16.1 Å². The maximum Gasteiger partial charge on any atom is 0.253 e. The van der Waals surface area contributed by atoms with Crippen molar-refractivity contribution < 1.29 is 13.2 Å². The predicted octanol–water partition coefficient (Wildman–Crippen LogP) is 5.90. The summed E-state index contributed by atoms with van der Waals surface area (Å²) >= 11 is 6.11. The number of halogens is 1. The van der Waals surface area contributed by atoms with Gasteiger partial charge in [0.05, 0.1) is 16.8 Å². The highest BCUT2D eigenvalue weighted by atomic mass is 79.9. The van der Waals surface area contributed by atoms with E-state index in [2.05, 4.69) is 15.9 Å². The van der Waals surface area contributed by atoms with E-state index in [9.17, 15) is 13.2 Å². The summed E-state index contributed by atoms with van der Waals surface area (Å²) in [5, 5.41) is 2.32. The van der Waals surface area contributed by atoms with Crippen molar-refractivity contribution in [3.8, 4) is 0 Å². The van der Waals surface area contributed by atoms with E-state index in [0.717, 1.165) is 33.1 Å². The van der Waals surface area contributed by atoms with Crippen molar-refractivity contribution >= 4 is 69.9 Å². The number of piperidine rings is 1.